The second-order valence-electron chi connectivity index (χ2n) is 5.28. The first-order valence-electron chi connectivity index (χ1n) is 10.5. The van der Waals surface area contributed by atoms with E-state index in [0.717, 1.165) is 0 Å². The predicted octanol–water partition coefficient (Wildman–Crippen LogP) is -3.80. The Balaban J connectivity index is -0.000000184. The highest BCUT2D eigenvalue weighted by Gasteiger charge is 1.88. The molecule has 0 aliphatic heterocycles. The van der Waals surface area contributed by atoms with Crippen molar-refractivity contribution in [1.82, 2.24) is 0 Å². The summed E-state index contributed by atoms with van der Waals surface area (Å²) in [6, 6.07) is 0. The van der Waals surface area contributed by atoms with Gasteiger partial charge in [-0.05, 0) is 0 Å². The zero-order valence-corrected chi connectivity index (χ0v) is 20.5. The highest BCUT2D eigenvalue weighted by molar-refractivity contribution is 7.38. The van der Waals surface area contributed by atoms with E-state index in [1.165, 1.54) is 0 Å². The van der Waals surface area contributed by atoms with Crippen molar-refractivity contribution in [1.29, 1.82) is 0 Å². The van der Waals surface area contributed by atoms with Crippen molar-refractivity contribution in [2.24, 2.45) is 0 Å². The normalized spacial score (nSPS) is 10.1. The van der Waals surface area contributed by atoms with Crippen molar-refractivity contribution in [3.05, 3.63) is 0 Å². The first kappa shape index (κ1) is 41.0. The molecule has 0 aromatic heterocycles. The fourth-order valence-corrected chi connectivity index (χ4v) is 1.35. The summed E-state index contributed by atoms with van der Waals surface area (Å²) in [6.45, 7) is 5.18. The van der Waals surface area contributed by atoms with Crippen LogP contribution in [0.5, 0.6) is 0 Å². The summed E-state index contributed by atoms with van der Waals surface area (Å²) in [4.78, 5) is 21.7. The molecule has 0 radical (unpaired) electrons. The molecule has 0 bridgehead atoms. The third-order valence-corrected chi connectivity index (χ3v) is 2.53. The van der Waals surface area contributed by atoms with E-state index in [0.29, 0.717) is 79.3 Å². The van der Waals surface area contributed by atoms with Crippen LogP contribution >= 0.6 is 8.60 Å². The van der Waals surface area contributed by atoms with Gasteiger partial charge in [-0.2, -0.15) is 0 Å². The van der Waals surface area contributed by atoms with Crippen LogP contribution < -0.4 is 0 Å². The van der Waals surface area contributed by atoms with Crippen LogP contribution in [0, 0.1) is 0 Å². The smallest absolute Gasteiger partial charge is 0.324 e. The van der Waals surface area contributed by atoms with Gasteiger partial charge in [-0.1, -0.05) is 0 Å². The van der Waals surface area contributed by atoms with Gasteiger partial charge in [0.05, 0.1) is 119 Å². The van der Waals surface area contributed by atoms with Crippen LogP contribution in [-0.4, -0.2) is 164 Å². The van der Waals surface area contributed by atoms with Crippen molar-refractivity contribution in [3.63, 3.8) is 0 Å². The van der Waals surface area contributed by atoms with E-state index in [9.17, 15) is 0 Å². The number of rotatable bonds is 21. The third kappa shape index (κ3) is 69.7. The van der Waals surface area contributed by atoms with Crippen LogP contribution in [0.4, 0.5) is 0 Å². The molecule has 0 fully saturated rings. The zero-order chi connectivity index (χ0) is 26.5. The highest BCUT2D eigenvalue weighted by atomic mass is 31.2. The molecule has 15 nitrogen and oxygen atoms in total. The van der Waals surface area contributed by atoms with Gasteiger partial charge in [0.15, 0.2) is 0 Å². The molecule has 0 saturated carbocycles. The van der Waals surface area contributed by atoms with E-state index < -0.39 is 8.60 Å². The van der Waals surface area contributed by atoms with Gasteiger partial charge in [0.1, 0.15) is 0 Å². The molecule has 0 heterocycles. The maximum absolute atomic E-state index is 8.26. The summed E-state index contributed by atoms with van der Waals surface area (Å²) in [5.41, 5.74) is 0. The molecule has 34 heavy (non-hydrogen) atoms. The molecule has 0 unspecified atom stereocenters. The van der Waals surface area contributed by atoms with Crippen molar-refractivity contribution in [2.45, 2.75) is 0 Å². The second-order valence-corrected chi connectivity index (χ2v) is 5.82. The number of hydrogen-bond donors (Lipinski definition) is 9. The van der Waals surface area contributed by atoms with Gasteiger partial charge < -0.3 is 73.7 Å². The number of ether oxygens (including phenoxy) is 6. The van der Waals surface area contributed by atoms with E-state index in [2.05, 4.69) is 0 Å². The van der Waals surface area contributed by atoms with Crippen LogP contribution in [0.2, 0.25) is 0 Å². The Bertz CT molecular complexity index is 229. The molecule has 0 rings (SSSR count). The van der Waals surface area contributed by atoms with E-state index in [-0.39, 0.29) is 39.6 Å². The Hall–Kier alpha value is -0.170. The molecule has 16 heteroatoms. The Kier molecular flexibility index (Phi) is 55.7. The average Bonchev–Trinajstić information content (AvgIpc) is 2.81. The molecule has 0 aliphatic carbocycles. The maximum atomic E-state index is 8.26. The number of aliphatic hydroxyl groups excluding tert-OH is 6. The summed E-state index contributed by atoms with van der Waals surface area (Å²) in [7, 11) is -2.62. The SMILES string of the molecule is OCCOCCOCCO.OCCOCCOCCO.OCCOCCOCCO.OP(O)O. The molecule has 0 atom stereocenters. The molecule has 0 aliphatic rings. The van der Waals surface area contributed by atoms with Gasteiger partial charge in [0.2, 0.25) is 0 Å². The van der Waals surface area contributed by atoms with Crippen molar-refractivity contribution in [2.75, 3.05) is 119 Å². The van der Waals surface area contributed by atoms with Crippen LogP contribution in [0.25, 0.3) is 0 Å². The van der Waals surface area contributed by atoms with Crippen molar-refractivity contribution < 1.29 is 73.7 Å². The Labute approximate surface area is 202 Å². The lowest BCUT2D eigenvalue weighted by molar-refractivity contribution is 0.0222. The van der Waals surface area contributed by atoms with E-state index >= 15 is 0 Å². The van der Waals surface area contributed by atoms with Gasteiger partial charge in [0.25, 0.3) is 0 Å². The minimum Gasteiger partial charge on any atom is -0.394 e. The number of hydrogen-bond acceptors (Lipinski definition) is 15. The maximum Gasteiger partial charge on any atom is 0.324 e. The molecule has 0 spiro atoms. The molecule has 0 aromatic carbocycles. The van der Waals surface area contributed by atoms with Gasteiger partial charge >= 0.3 is 8.60 Å². The quantitative estimate of drug-likeness (QED) is 0.0509. The highest BCUT2D eigenvalue weighted by Crippen LogP contribution is 2.11. The fraction of sp³-hybridized carbons (Fsp3) is 1.00. The monoisotopic (exact) mass is 532 g/mol. The topological polar surface area (TPSA) is 237 Å². The molecule has 0 amide bonds. The van der Waals surface area contributed by atoms with Crippen molar-refractivity contribution >= 4 is 8.60 Å². The Morgan fingerprint density at radius 1 is 0.294 bits per heavy atom. The van der Waals surface area contributed by atoms with Crippen LogP contribution in [0.15, 0.2) is 0 Å². The first-order valence-corrected chi connectivity index (χ1v) is 11.7. The van der Waals surface area contributed by atoms with Gasteiger partial charge in [-0.15, -0.1) is 0 Å². The predicted molar refractivity (Wildman–Crippen MR) is 121 cm³/mol. The fourth-order valence-electron chi connectivity index (χ4n) is 1.35. The second kappa shape index (κ2) is 46.2. The zero-order valence-electron chi connectivity index (χ0n) is 19.6. The van der Waals surface area contributed by atoms with E-state index in [1.54, 1.807) is 0 Å². The van der Waals surface area contributed by atoms with E-state index in [4.69, 9.17) is 73.7 Å². The van der Waals surface area contributed by atoms with Crippen molar-refractivity contribution in [3.8, 4) is 0 Å². The molecular weight excluding hydrogens is 487 g/mol. The summed E-state index contributed by atoms with van der Waals surface area (Å²) >= 11 is 0. The minimum atomic E-state index is -2.62. The summed E-state index contributed by atoms with van der Waals surface area (Å²) in [5, 5.41) is 49.6. The lowest BCUT2D eigenvalue weighted by Gasteiger charge is -2.01. The Morgan fingerprint density at radius 3 is 0.500 bits per heavy atom. The number of aliphatic hydroxyl groups is 6. The lowest BCUT2D eigenvalue weighted by Crippen LogP contribution is -2.09. The van der Waals surface area contributed by atoms with E-state index in [1.807, 2.05) is 0 Å². The van der Waals surface area contributed by atoms with Gasteiger partial charge in [-0.25, -0.2) is 0 Å². The standard InChI is InChI=1S/3C6H14O4.H3O3P/c3*7-1-3-9-5-6-10-4-2-8;1-4(2)3/h3*7-8H,1-6H2;1-3H. The molecule has 212 valence electrons. The van der Waals surface area contributed by atoms with Crippen LogP contribution in [0.3, 0.4) is 0 Å². The molecular formula is C18H45O15P. The Morgan fingerprint density at radius 2 is 0.412 bits per heavy atom. The van der Waals surface area contributed by atoms with Gasteiger partial charge in [0, 0.05) is 0 Å². The average molecular weight is 533 g/mol. The summed E-state index contributed by atoms with van der Waals surface area (Å²) in [6.07, 6.45) is 0. The summed E-state index contributed by atoms with van der Waals surface area (Å²) < 4.78 is 29.2. The van der Waals surface area contributed by atoms with Gasteiger partial charge in [-0.3, -0.25) is 0 Å². The summed E-state index contributed by atoms with van der Waals surface area (Å²) in [5.74, 6) is 0. The first-order chi connectivity index (χ1) is 16.5. The largest absolute Gasteiger partial charge is 0.394 e. The molecule has 9 N–H and O–H groups in total. The van der Waals surface area contributed by atoms with Crippen LogP contribution in [0.1, 0.15) is 0 Å². The molecule has 0 saturated heterocycles. The third-order valence-electron chi connectivity index (χ3n) is 2.53. The lowest BCUT2D eigenvalue weighted by atomic mass is 10.7. The molecule has 0 aromatic rings. The van der Waals surface area contributed by atoms with Crippen LogP contribution in [-0.2, 0) is 28.4 Å². The minimum absolute atomic E-state index is 0.0417.